The first-order valence-corrected chi connectivity index (χ1v) is 5.70. The van der Waals surface area contributed by atoms with Gasteiger partial charge in [-0.2, -0.15) is 0 Å². The minimum absolute atomic E-state index is 0.205. The van der Waals surface area contributed by atoms with Crippen LogP contribution in [0.25, 0.3) is 0 Å². The Morgan fingerprint density at radius 2 is 2.20 bits per heavy atom. The quantitative estimate of drug-likeness (QED) is 0.835. The molecule has 0 radical (unpaired) electrons. The fraction of sp³-hybridized carbons (Fsp3) is 0.500. The Hall–Kier alpha value is -0.600. The molecule has 1 aliphatic carbocycles. The molecule has 82 valence electrons. The molecule has 0 aromatic heterocycles. The second kappa shape index (κ2) is 4.50. The van der Waals surface area contributed by atoms with Crippen molar-refractivity contribution in [3.8, 4) is 0 Å². The molecule has 0 amide bonds. The summed E-state index contributed by atoms with van der Waals surface area (Å²) in [7, 11) is 0. The van der Waals surface area contributed by atoms with Gasteiger partial charge in [-0.1, -0.05) is 24.6 Å². The van der Waals surface area contributed by atoms with Crippen LogP contribution in [0.15, 0.2) is 18.2 Å². The third-order valence-corrected chi connectivity index (χ3v) is 3.24. The highest BCUT2D eigenvalue weighted by molar-refractivity contribution is 6.30. The molecule has 0 unspecified atom stereocenters. The lowest BCUT2D eigenvalue weighted by atomic mass is 9.82. The second-order valence-corrected chi connectivity index (χ2v) is 4.81. The highest BCUT2D eigenvalue weighted by Crippen LogP contribution is 2.26. The van der Waals surface area contributed by atoms with Crippen LogP contribution < -0.4 is 5.32 Å². The van der Waals surface area contributed by atoms with Crippen molar-refractivity contribution in [2.75, 3.05) is 0 Å². The van der Waals surface area contributed by atoms with Crippen molar-refractivity contribution in [3.63, 3.8) is 0 Å². The maximum atomic E-state index is 12.9. The van der Waals surface area contributed by atoms with Gasteiger partial charge in [0.05, 0.1) is 5.02 Å². The predicted octanol–water partition coefficient (Wildman–Crippen LogP) is 3.37. The summed E-state index contributed by atoms with van der Waals surface area (Å²) in [4.78, 5) is 0. The van der Waals surface area contributed by atoms with Gasteiger partial charge in [0, 0.05) is 12.6 Å². The molecule has 3 heteroatoms. The molecule has 0 heterocycles. The van der Waals surface area contributed by atoms with E-state index in [1.807, 2.05) is 0 Å². The lowest BCUT2D eigenvalue weighted by molar-refractivity contribution is 0.240. The van der Waals surface area contributed by atoms with Crippen LogP contribution in [0.5, 0.6) is 0 Å². The molecule has 0 saturated heterocycles. The molecule has 2 rings (SSSR count). The molecule has 0 bridgehead atoms. The summed E-state index contributed by atoms with van der Waals surface area (Å²) in [5.74, 6) is 0.497. The van der Waals surface area contributed by atoms with E-state index in [0.717, 1.165) is 18.0 Å². The summed E-state index contributed by atoms with van der Waals surface area (Å²) in [5, 5.41) is 3.64. The monoisotopic (exact) mass is 227 g/mol. The molecule has 1 fully saturated rings. The van der Waals surface area contributed by atoms with Gasteiger partial charge in [0.1, 0.15) is 5.82 Å². The zero-order valence-corrected chi connectivity index (χ0v) is 9.52. The first-order valence-electron chi connectivity index (χ1n) is 5.32. The lowest BCUT2D eigenvalue weighted by Gasteiger charge is -2.33. The molecule has 1 aromatic carbocycles. The van der Waals surface area contributed by atoms with Crippen LogP contribution >= 0.6 is 11.6 Å². The molecule has 1 saturated carbocycles. The smallest absolute Gasteiger partial charge is 0.141 e. The molecule has 0 spiro atoms. The van der Waals surface area contributed by atoms with Crippen LogP contribution in [-0.2, 0) is 6.54 Å². The van der Waals surface area contributed by atoms with Crippen molar-refractivity contribution in [3.05, 3.63) is 34.6 Å². The van der Waals surface area contributed by atoms with E-state index in [9.17, 15) is 4.39 Å². The average molecular weight is 228 g/mol. The van der Waals surface area contributed by atoms with Crippen molar-refractivity contribution >= 4 is 11.6 Å². The van der Waals surface area contributed by atoms with E-state index in [4.69, 9.17) is 11.6 Å². The Kier molecular flexibility index (Phi) is 3.27. The zero-order chi connectivity index (χ0) is 10.8. The van der Waals surface area contributed by atoms with Gasteiger partial charge in [-0.05, 0) is 36.5 Å². The van der Waals surface area contributed by atoms with Crippen molar-refractivity contribution in [2.24, 2.45) is 5.92 Å². The van der Waals surface area contributed by atoms with Crippen LogP contribution in [-0.4, -0.2) is 6.04 Å². The summed E-state index contributed by atoms with van der Waals surface area (Å²) in [5.41, 5.74) is 1.04. The maximum Gasteiger partial charge on any atom is 0.141 e. The largest absolute Gasteiger partial charge is 0.310 e. The zero-order valence-electron chi connectivity index (χ0n) is 8.76. The molecule has 1 aromatic rings. The minimum atomic E-state index is -0.349. The van der Waals surface area contributed by atoms with Crippen LogP contribution in [0.4, 0.5) is 4.39 Å². The number of hydrogen-bond donors (Lipinski definition) is 1. The van der Waals surface area contributed by atoms with Crippen molar-refractivity contribution in [1.82, 2.24) is 5.32 Å². The molecular weight excluding hydrogens is 213 g/mol. The predicted molar refractivity (Wildman–Crippen MR) is 60.4 cm³/mol. The first-order chi connectivity index (χ1) is 7.15. The van der Waals surface area contributed by atoms with Gasteiger partial charge in [0.25, 0.3) is 0 Å². The number of halogens is 2. The topological polar surface area (TPSA) is 12.0 Å². The summed E-state index contributed by atoms with van der Waals surface area (Å²) < 4.78 is 12.9. The van der Waals surface area contributed by atoms with Crippen LogP contribution in [0.2, 0.25) is 5.02 Å². The Labute approximate surface area is 94.6 Å². The van der Waals surface area contributed by atoms with Crippen LogP contribution in [0.1, 0.15) is 25.3 Å². The van der Waals surface area contributed by atoms with E-state index in [0.29, 0.717) is 6.04 Å². The number of nitrogens with one attached hydrogen (secondary N) is 1. The molecular formula is C12H15ClFN. The summed E-state index contributed by atoms with van der Waals surface area (Å²) >= 11 is 5.70. The van der Waals surface area contributed by atoms with E-state index in [-0.39, 0.29) is 10.8 Å². The summed E-state index contributed by atoms with van der Waals surface area (Å²) in [6, 6.07) is 5.51. The van der Waals surface area contributed by atoms with E-state index in [1.54, 1.807) is 12.1 Å². The number of rotatable bonds is 3. The van der Waals surface area contributed by atoms with Gasteiger partial charge in [-0.15, -0.1) is 0 Å². The molecule has 1 nitrogen and oxygen atoms in total. The Morgan fingerprint density at radius 3 is 2.80 bits per heavy atom. The minimum Gasteiger partial charge on any atom is -0.310 e. The standard InChI is InChI=1S/C12H15ClFN/c1-8-4-10(5-8)15-7-9-2-3-12(14)11(13)6-9/h2-3,6,8,10,15H,4-5,7H2,1H3. The first kappa shape index (κ1) is 10.9. The lowest BCUT2D eigenvalue weighted by Crippen LogP contribution is -2.39. The van der Waals surface area contributed by atoms with Crippen molar-refractivity contribution < 1.29 is 4.39 Å². The van der Waals surface area contributed by atoms with Gasteiger partial charge in [0.2, 0.25) is 0 Å². The van der Waals surface area contributed by atoms with E-state index in [2.05, 4.69) is 12.2 Å². The van der Waals surface area contributed by atoms with E-state index >= 15 is 0 Å². The molecule has 0 aliphatic heterocycles. The van der Waals surface area contributed by atoms with Gasteiger partial charge in [-0.25, -0.2) is 4.39 Å². The SMILES string of the molecule is CC1CC(NCc2ccc(F)c(Cl)c2)C1. The number of hydrogen-bond acceptors (Lipinski definition) is 1. The van der Waals surface area contributed by atoms with Gasteiger partial charge < -0.3 is 5.32 Å². The summed E-state index contributed by atoms with van der Waals surface area (Å²) in [6.07, 6.45) is 2.49. The van der Waals surface area contributed by atoms with E-state index in [1.165, 1.54) is 18.9 Å². The van der Waals surface area contributed by atoms with Gasteiger partial charge in [0.15, 0.2) is 0 Å². The fourth-order valence-electron chi connectivity index (χ4n) is 1.98. The highest BCUT2D eigenvalue weighted by Gasteiger charge is 2.24. The molecule has 1 N–H and O–H groups in total. The normalized spacial score (nSPS) is 25.0. The average Bonchev–Trinajstić information content (AvgIpc) is 2.16. The molecule has 15 heavy (non-hydrogen) atoms. The number of benzene rings is 1. The highest BCUT2D eigenvalue weighted by atomic mass is 35.5. The van der Waals surface area contributed by atoms with Crippen molar-refractivity contribution in [1.29, 1.82) is 0 Å². The maximum absolute atomic E-state index is 12.9. The van der Waals surface area contributed by atoms with E-state index < -0.39 is 0 Å². The van der Waals surface area contributed by atoms with Crippen molar-refractivity contribution in [2.45, 2.75) is 32.4 Å². The summed E-state index contributed by atoms with van der Waals surface area (Å²) in [6.45, 7) is 3.03. The Morgan fingerprint density at radius 1 is 1.47 bits per heavy atom. The fourth-order valence-corrected chi connectivity index (χ4v) is 2.18. The van der Waals surface area contributed by atoms with Gasteiger partial charge >= 0.3 is 0 Å². The van der Waals surface area contributed by atoms with Crippen LogP contribution in [0, 0.1) is 11.7 Å². The van der Waals surface area contributed by atoms with Gasteiger partial charge in [-0.3, -0.25) is 0 Å². The second-order valence-electron chi connectivity index (χ2n) is 4.40. The molecule has 1 aliphatic rings. The van der Waals surface area contributed by atoms with Crippen LogP contribution in [0.3, 0.4) is 0 Å². The third kappa shape index (κ3) is 2.70. The molecule has 0 atom stereocenters. The Balaban J connectivity index is 1.86. The third-order valence-electron chi connectivity index (χ3n) is 2.95. The Bertz CT molecular complexity index is 347.